The van der Waals surface area contributed by atoms with E-state index in [1.54, 1.807) is 11.8 Å². The van der Waals surface area contributed by atoms with Gasteiger partial charge in [0.2, 0.25) is 5.91 Å². The minimum Gasteiger partial charge on any atom is -0.481 e. The maximum Gasteiger partial charge on any atom is 0.309 e. The molecule has 1 atom stereocenters. The molecule has 1 aliphatic heterocycles. The lowest BCUT2D eigenvalue weighted by atomic mass is 9.76. The first kappa shape index (κ1) is 14.5. The van der Waals surface area contributed by atoms with Gasteiger partial charge in [-0.2, -0.15) is 5.10 Å². The SMILES string of the molecule is CCC1(C(=O)O)CCN(C(=O)C(C)n2cncn2)CC1. The van der Waals surface area contributed by atoms with Gasteiger partial charge in [-0.25, -0.2) is 9.67 Å². The predicted molar refractivity (Wildman–Crippen MR) is 70.9 cm³/mol. The van der Waals surface area contributed by atoms with Gasteiger partial charge in [-0.1, -0.05) is 6.92 Å². The summed E-state index contributed by atoms with van der Waals surface area (Å²) in [6, 6.07) is -0.406. The highest BCUT2D eigenvalue weighted by atomic mass is 16.4. The minimum absolute atomic E-state index is 0.0365. The van der Waals surface area contributed by atoms with E-state index in [9.17, 15) is 14.7 Å². The highest BCUT2D eigenvalue weighted by Crippen LogP contribution is 2.35. The molecule has 1 saturated heterocycles. The summed E-state index contributed by atoms with van der Waals surface area (Å²) in [7, 11) is 0. The van der Waals surface area contributed by atoms with Crippen LogP contribution >= 0.6 is 0 Å². The number of carbonyl (C=O) groups excluding carboxylic acids is 1. The fraction of sp³-hybridized carbons (Fsp3) is 0.692. The van der Waals surface area contributed by atoms with Gasteiger partial charge in [-0.3, -0.25) is 9.59 Å². The normalized spacial score (nSPS) is 19.6. The smallest absolute Gasteiger partial charge is 0.309 e. The molecule has 7 heteroatoms. The van der Waals surface area contributed by atoms with Crippen molar-refractivity contribution < 1.29 is 14.7 Å². The fourth-order valence-electron chi connectivity index (χ4n) is 2.67. The van der Waals surface area contributed by atoms with Crippen molar-refractivity contribution in [3.05, 3.63) is 12.7 Å². The zero-order valence-corrected chi connectivity index (χ0v) is 11.8. The number of likely N-dealkylation sites (tertiary alicyclic amines) is 1. The van der Waals surface area contributed by atoms with E-state index in [1.165, 1.54) is 17.3 Å². The first-order valence-corrected chi connectivity index (χ1v) is 6.86. The molecule has 1 aromatic heterocycles. The van der Waals surface area contributed by atoms with E-state index in [0.29, 0.717) is 32.4 Å². The Labute approximate surface area is 117 Å². The maximum absolute atomic E-state index is 12.4. The Kier molecular flexibility index (Phi) is 4.06. The number of hydrogen-bond acceptors (Lipinski definition) is 4. The molecule has 0 radical (unpaired) electrons. The first-order valence-electron chi connectivity index (χ1n) is 6.86. The van der Waals surface area contributed by atoms with Gasteiger partial charge in [0, 0.05) is 13.1 Å². The number of piperidine rings is 1. The van der Waals surface area contributed by atoms with Gasteiger partial charge in [-0.15, -0.1) is 0 Å². The number of aliphatic carboxylic acids is 1. The molecule has 7 nitrogen and oxygen atoms in total. The molecule has 0 saturated carbocycles. The van der Waals surface area contributed by atoms with E-state index in [0.717, 1.165) is 0 Å². The van der Waals surface area contributed by atoms with Gasteiger partial charge < -0.3 is 10.0 Å². The van der Waals surface area contributed by atoms with E-state index in [2.05, 4.69) is 10.1 Å². The van der Waals surface area contributed by atoms with Crippen molar-refractivity contribution in [2.24, 2.45) is 5.41 Å². The van der Waals surface area contributed by atoms with Crippen LogP contribution in [-0.2, 0) is 9.59 Å². The second-order valence-corrected chi connectivity index (χ2v) is 5.32. The molecule has 1 N–H and O–H groups in total. The van der Waals surface area contributed by atoms with Crippen molar-refractivity contribution >= 4 is 11.9 Å². The van der Waals surface area contributed by atoms with Crippen molar-refractivity contribution in [1.82, 2.24) is 19.7 Å². The van der Waals surface area contributed by atoms with Gasteiger partial charge in [0.05, 0.1) is 5.41 Å². The average Bonchev–Trinajstić information content (AvgIpc) is 2.99. The fourth-order valence-corrected chi connectivity index (χ4v) is 2.67. The largest absolute Gasteiger partial charge is 0.481 e. The summed E-state index contributed by atoms with van der Waals surface area (Å²) in [4.78, 5) is 29.3. The molecule has 1 amide bonds. The highest BCUT2D eigenvalue weighted by Gasteiger charge is 2.41. The summed E-state index contributed by atoms with van der Waals surface area (Å²) in [5.74, 6) is -0.790. The number of carboxylic acid groups (broad SMARTS) is 1. The van der Waals surface area contributed by atoms with E-state index in [-0.39, 0.29) is 5.91 Å². The van der Waals surface area contributed by atoms with Crippen molar-refractivity contribution in [3.63, 3.8) is 0 Å². The van der Waals surface area contributed by atoms with Crippen LogP contribution < -0.4 is 0 Å². The standard InChI is InChI=1S/C13H20N4O3/c1-3-13(12(19)20)4-6-16(7-5-13)11(18)10(2)17-9-14-8-15-17/h8-10H,3-7H2,1-2H3,(H,19,20). The van der Waals surface area contributed by atoms with Crippen molar-refractivity contribution in [1.29, 1.82) is 0 Å². The molecular weight excluding hydrogens is 260 g/mol. The zero-order chi connectivity index (χ0) is 14.8. The average molecular weight is 280 g/mol. The number of aromatic nitrogens is 3. The number of rotatable bonds is 4. The van der Waals surface area contributed by atoms with Crippen LogP contribution in [0.15, 0.2) is 12.7 Å². The summed E-state index contributed by atoms with van der Waals surface area (Å²) in [6.45, 7) is 4.63. The van der Waals surface area contributed by atoms with Crippen LogP contribution in [0.4, 0.5) is 0 Å². The van der Waals surface area contributed by atoms with E-state index in [4.69, 9.17) is 0 Å². The second-order valence-electron chi connectivity index (χ2n) is 5.32. The summed E-state index contributed by atoms with van der Waals surface area (Å²) < 4.78 is 1.52. The quantitative estimate of drug-likeness (QED) is 0.886. The van der Waals surface area contributed by atoms with Crippen molar-refractivity contribution in [2.75, 3.05) is 13.1 Å². The van der Waals surface area contributed by atoms with Crippen LogP contribution in [0.1, 0.15) is 39.2 Å². The second kappa shape index (κ2) is 5.60. The van der Waals surface area contributed by atoms with Crippen LogP contribution in [0, 0.1) is 5.41 Å². The third-order valence-electron chi connectivity index (χ3n) is 4.35. The highest BCUT2D eigenvalue weighted by molar-refractivity contribution is 5.81. The van der Waals surface area contributed by atoms with Gasteiger partial charge in [0.1, 0.15) is 18.7 Å². The Balaban J connectivity index is 2.00. The molecule has 0 bridgehead atoms. The molecule has 1 fully saturated rings. The van der Waals surface area contributed by atoms with E-state index >= 15 is 0 Å². The summed E-state index contributed by atoms with van der Waals surface area (Å²) in [6.07, 6.45) is 4.53. The summed E-state index contributed by atoms with van der Waals surface area (Å²) >= 11 is 0. The molecule has 0 aromatic carbocycles. The Bertz CT molecular complexity index is 478. The predicted octanol–water partition coefficient (Wildman–Crippen LogP) is 0.942. The molecule has 2 rings (SSSR count). The lowest BCUT2D eigenvalue weighted by molar-refractivity contribution is -0.155. The number of carbonyl (C=O) groups is 2. The van der Waals surface area contributed by atoms with Crippen LogP contribution in [0.3, 0.4) is 0 Å². The van der Waals surface area contributed by atoms with Crippen molar-refractivity contribution in [3.8, 4) is 0 Å². The molecular formula is C13H20N4O3. The lowest BCUT2D eigenvalue weighted by Crippen LogP contribution is -2.48. The third kappa shape index (κ3) is 2.52. The van der Waals surface area contributed by atoms with E-state index < -0.39 is 17.4 Å². The number of hydrogen-bond donors (Lipinski definition) is 1. The van der Waals surface area contributed by atoms with Gasteiger partial charge in [0.25, 0.3) is 0 Å². The van der Waals surface area contributed by atoms with Crippen LogP contribution in [0.5, 0.6) is 0 Å². The topological polar surface area (TPSA) is 88.3 Å². The number of amides is 1. The number of carboxylic acids is 1. The summed E-state index contributed by atoms with van der Waals surface area (Å²) in [5, 5.41) is 13.3. The van der Waals surface area contributed by atoms with Crippen LogP contribution in [0.2, 0.25) is 0 Å². The first-order chi connectivity index (χ1) is 9.50. The Morgan fingerprint density at radius 1 is 1.40 bits per heavy atom. The van der Waals surface area contributed by atoms with Gasteiger partial charge in [-0.05, 0) is 26.2 Å². The van der Waals surface area contributed by atoms with Gasteiger partial charge in [0.15, 0.2) is 0 Å². The Morgan fingerprint density at radius 2 is 2.05 bits per heavy atom. The molecule has 20 heavy (non-hydrogen) atoms. The third-order valence-corrected chi connectivity index (χ3v) is 4.35. The molecule has 1 aromatic rings. The van der Waals surface area contributed by atoms with E-state index in [1.807, 2.05) is 6.92 Å². The van der Waals surface area contributed by atoms with Crippen molar-refractivity contribution in [2.45, 2.75) is 39.2 Å². The minimum atomic E-state index is -0.753. The lowest BCUT2D eigenvalue weighted by Gasteiger charge is -2.39. The van der Waals surface area contributed by atoms with Crippen LogP contribution in [-0.4, -0.2) is 49.7 Å². The molecule has 1 unspecified atom stereocenters. The molecule has 110 valence electrons. The molecule has 0 aliphatic carbocycles. The monoisotopic (exact) mass is 280 g/mol. The molecule has 1 aliphatic rings. The number of nitrogens with zero attached hydrogens (tertiary/aromatic N) is 4. The maximum atomic E-state index is 12.4. The Hall–Kier alpha value is -1.92. The Morgan fingerprint density at radius 3 is 2.50 bits per heavy atom. The molecule has 2 heterocycles. The van der Waals surface area contributed by atoms with Crippen LogP contribution in [0.25, 0.3) is 0 Å². The summed E-state index contributed by atoms with van der Waals surface area (Å²) in [5.41, 5.74) is -0.673. The zero-order valence-electron chi connectivity index (χ0n) is 11.8. The van der Waals surface area contributed by atoms with Gasteiger partial charge >= 0.3 is 5.97 Å². The molecule has 0 spiro atoms.